The number of aromatic nitrogens is 1. The van der Waals surface area contributed by atoms with Crippen LogP contribution in [0.4, 0.5) is 0 Å². The largest absolute Gasteiger partial charge is 0.265 e. The number of hydrogen-bond acceptors (Lipinski definition) is 2. The molecule has 0 saturated carbocycles. The Hall–Kier alpha value is -1.28. The van der Waals surface area contributed by atoms with Gasteiger partial charge in [0, 0.05) is 18.1 Å². The average Bonchev–Trinajstić information content (AvgIpc) is 2.30. The van der Waals surface area contributed by atoms with Gasteiger partial charge in [-0.15, -0.1) is 0 Å². The normalized spacial score (nSPS) is 10.1. The first-order valence-electron chi connectivity index (χ1n) is 4.50. The predicted octanol–water partition coefficient (Wildman–Crippen LogP) is 3.18. The minimum Gasteiger partial charge on any atom is -0.265 e. The van der Waals surface area contributed by atoms with Gasteiger partial charge in [0.25, 0.3) is 0 Å². The molecule has 2 heteroatoms. The molecule has 1 nitrogen and oxygen atoms in total. The third-order valence-electron chi connectivity index (χ3n) is 2.12. The van der Waals surface area contributed by atoms with Crippen LogP contribution >= 0.6 is 12.6 Å². The van der Waals surface area contributed by atoms with Gasteiger partial charge in [-0.1, -0.05) is 24.3 Å². The molecule has 70 valence electrons. The minimum absolute atomic E-state index is 0.777. The molecule has 1 aromatic carbocycles. The van der Waals surface area contributed by atoms with Crippen molar-refractivity contribution in [2.24, 2.45) is 0 Å². The summed E-state index contributed by atoms with van der Waals surface area (Å²) in [5.41, 5.74) is 3.66. The smallest absolute Gasteiger partial charge is 0.0273 e. The predicted molar refractivity (Wildman–Crippen MR) is 62.4 cm³/mol. The number of rotatable bonds is 2. The standard InChI is InChI=1S/C12H11NS/c14-9-10-2-1-3-12(8-10)11-4-6-13-7-5-11/h1-8,14H,9H2. The Bertz CT molecular complexity index is 412. The third kappa shape index (κ3) is 1.96. The molecule has 2 aromatic rings. The second-order valence-corrected chi connectivity index (χ2v) is 3.41. The maximum atomic E-state index is 4.26. The molecular weight excluding hydrogens is 190 g/mol. The van der Waals surface area contributed by atoms with E-state index in [0.29, 0.717) is 0 Å². The molecule has 14 heavy (non-hydrogen) atoms. The van der Waals surface area contributed by atoms with E-state index in [-0.39, 0.29) is 0 Å². The lowest BCUT2D eigenvalue weighted by Crippen LogP contribution is -1.81. The number of pyridine rings is 1. The van der Waals surface area contributed by atoms with Crippen molar-refractivity contribution < 1.29 is 0 Å². The zero-order valence-electron chi connectivity index (χ0n) is 7.72. The van der Waals surface area contributed by atoms with Crippen molar-refractivity contribution in [3.05, 3.63) is 54.4 Å². The van der Waals surface area contributed by atoms with Gasteiger partial charge in [-0.2, -0.15) is 12.6 Å². The molecule has 1 heterocycles. The van der Waals surface area contributed by atoms with Crippen LogP contribution in [0.1, 0.15) is 5.56 Å². The van der Waals surface area contributed by atoms with Crippen molar-refractivity contribution in [3.8, 4) is 11.1 Å². The highest BCUT2D eigenvalue weighted by Gasteiger charge is 1.96. The van der Waals surface area contributed by atoms with Crippen LogP contribution in [-0.4, -0.2) is 4.98 Å². The fourth-order valence-corrected chi connectivity index (χ4v) is 1.59. The lowest BCUT2D eigenvalue weighted by atomic mass is 10.1. The molecule has 0 N–H and O–H groups in total. The van der Waals surface area contributed by atoms with Gasteiger partial charge in [-0.05, 0) is 28.8 Å². The highest BCUT2D eigenvalue weighted by atomic mass is 32.1. The van der Waals surface area contributed by atoms with Gasteiger partial charge in [0.1, 0.15) is 0 Å². The van der Waals surface area contributed by atoms with E-state index in [9.17, 15) is 0 Å². The Kier molecular flexibility index (Phi) is 2.84. The van der Waals surface area contributed by atoms with Gasteiger partial charge in [0.2, 0.25) is 0 Å². The molecule has 0 fully saturated rings. The van der Waals surface area contributed by atoms with Crippen LogP contribution in [0.2, 0.25) is 0 Å². The lowest BCUT2D eigenvalue weighted by Gasteiger charge is -2.02. The van der Waals surface area contributed by atoms with Crippen molar-refractivity contribution in [1.82, 2.24) is 4.98 Å². The average molecular weight is 201 g/mol. The van der Waals surface area contributed by atoms with E-state index >= 15 is 0 Å². The molecule has 0 saturated heterocycles. The van der Waals surface area contributed by atoms with E-state index in [2.05, 4.69) is 41.9 Å². The van der Waals surface area contributed by atoms with Crippen molar-refractivity contribution in [1.29, 1.82) is 0 Å². The summed E-state index contributed by atoms with van der Waals surface area (Å²) in [4.78, 5) is 4.00. The van der Waals surface area contributed by atoms with Crippen molar-refractivity contribution in [3.63, 3.8) is 0 Å². The molecule has 0 aliphatic carbocycles. The molecular formula is C12H11NS. The van der Waals surface area contributed by atoms with Crippen LogP contribution < -0.4 is 0 Å². The lowest BCUT2D eigenvalue weighted by molar-refractivity contribution is 1.33. The van der Waals surface area contributed by atoms with Crippen LogP contribution in [0.25, 0.3) is 11.1 Å². The number of nitrogens with zero attached hydrogens (tertiary/aromatic N) is 1. The molecule has 0 atom stereocenters. The van der Waals surface area contributed by atoms with Gasteiger partial charge >= 0.3 is 0 Å². The zero-order valence-corrected chi connectivity index (χ0v) is 8.61. The second-order valence-electron chi connectivity index (χ2n) is 3.09. The molecule has 1 aromatic heterocycles. The maximum absolute atomic E-state index is 4.26. The van der Waals surface area contributed by atoms with E-state index in [1.807, 2.05) is 24.5 Å². The summed E-state index contributed by atoms with van der Waals surface area (Å²) in [5, 5.41) is 0. The summed E-state index contributed by atoms with van der Waals surface area (Å²) in [5.74, 6) is 0.777. The van der Waals surface area contributed by atoms with Gasteiger partial charge in [-0.3, -0.25) is 4.98 Å². The Labute approximate surface area is 89.2 Å². The van der Waals surface area contributed by atoms with E-state index < -0.39 is 0 Å². The van der Waals surface area contributed by atoms with E-state index in [1.165, 1.54) is 16.7 Å². The van der Waals surface area contributed by atoms with Crippen molar-refractivity contribution in [2.75, 3.05) is 0 Å². The molecule has 0 radical (unpaired) electrons. The van der Waals surface area contributed by atoms with E-state index in [0.717, 1.165) is 5.75 Å². The number of hydrogen-bond donors (Lipinski definition) is 1. The van der Waals surface area contributed by atoms with Gasteiger partial charge in [0.15, 0.2) is 0 Å². The Balaban J connectivity index is 2.42. The quantitative estimate of drug-likeness (QED) is 0.736. The maximum Gasteiger partial charge on any atom is 0.0273 e. The highest BCUT2D eigenvalue weighted by Crippen LogP contribution is 2.19. The molecule has 0 spiro atoms. The van der Waals surface area contributed by atoms with Gasteiger partial charge < -0.3 is 0 Å². The van der Waals surface area contributed by atoms with Gasteiger partial charge in [0.05, 0.1) is 0 Å². The van der Waals surface area contributed by atoms with E-state index in [4.69, 9.17) is 0 Å². The second kappa shape index (κ2) is 4.29. The summed E-state index contributed by atoms with van der Waals surface area (Å²) in [6, 6.07) is 12.4. The summed E-state index contributed by atoms with van der Waals surface area (Å²) in [6.07, 6.45) is 3.62. The zero-order chi connectivity index (χ0) is 9.80. The van der Waals surface area contributed by atoms with Crippen LogP contribution in [0, 0.1) is 0 Å². The van der Waals surface area contributed by atoms with Crippen LogP contribution in [0.5, 0.6) is 0 Å². The van der Waals surface area contributed by atoms with Gasteiger partial charge in [-0.25, -0.2) is 0 Å². The summed E-state index contributed by atoms with van der Waals surface area (Å²) in [6.45, 7) is 0. The molecule has 0 amide bonds. The SMILES string of the molecule is SCc1cccc(-c2ccncc2)c1. The van der Waals surface area contributed by atoms with Crippen molar-refractivity contribution >= 4 is 12.6 Å². The Morgan fingerprint density at radius 3 is 2.50 bits per heavy atom. The fraction of sp³-hybridized carbons (Fsp3) is 0.0833. The van der Waals surface area contributed by atoms with Crippen LogP contribution in [0.15, 0.2) is 48.8 Å². The Morgan fingerprint density at radius 2 is 1.79 bits per heavy atom. The van der Waals surface area contributed by atoms with E-state index in [1.54, 1.807) is 0 Å². The first-order valence-corrected chi connectivity index (χ1v) is 5.13. The first-order chi connectivity index (χ1) is 6.90. The topological polar surface area (TPSA) is 12.9 Å². The number of thiol groups is 1. The van der Waals surface area contributed by atoms with Crippen molar-refractivity contribution in [2.45, 2.75) is 5.75 Å². The third-order valence-corrected chi connectivity index (χ3v) is 2.49. The summed E-state index contributed by atoms with van der Waals surface area (Å²) in [7, 11) is 0. The summed E-state index contributed by atoms with van der Waals surface area (Å²) >= 11 is 4.26. The first kappa shape index (κ1) is 9.28. The molecule has 0 unspecified atom stereocenters. The summed E-state index contributed by atoms with van der Waals surface area (Å²) < 4.78 is 0. The Morgan fingerprint density at radius 1 is 1.00 bits per heavy atom. The molecule has 0 bridgehead atoms. The minimum atomic E-state index is 0.777. The highest BCUT2D eigenvalue weighted by molar-refractivity contribution is 7.79. The van der Waals surface area contributed by atoms with Crippen LogP contribution in [-0.2, 0) is 5.75 Å². The molecule has 0 aliphatic rings. The molecule has 0 aliphatic heterocycles. The fourth-order valence-electron chi connectivity index (χ4n) is 1.39. The monoisotopic (exact) mass is 201 g/mol. The molecule has 2 rings (SSSR count). The van der Waals surface area contributed by atoms with Crippen LogP contribution in [0.3, 0.4) is 0 Å². The number of benzene rings is 1.